The molecule has 0 amide bonds. The maximum atomic E-state index is 12.2. The first-order valence-corrected chi connectivity index (χ1v) is 8.28. The van der Waals surface area contributed by atoms with Crippen molar-refractivity contribution in [1.82, 2.24) is 15.1 Å². The number of hydrogen-bond acceptors (Lipinski definition) is 5. The molecule has 3 atom stereocenters. The van der Waals surface area contributed by atoms with Crippen LogP contribution in [0.15, 0.2) is 0 Å². The van der Waals surface area contributed by atoms with Gasteiger partial charge in [-0.3, -0.25) is 9.69 Å². The lowest BCUT2D eigenvalue weighted by atomic mass is 9.97. The molecule has 0 aromatic rings. The molecule has 1 aliphatic heterocycles. The predicted molar refractivity (Wildman–Crippen MR) is 84.3 cm³/mol. The first-order chi connectivity index (χ1) is 10.1. The third-order valence-corrected chi connectivity index (χ3v) is 5.43. The number of rotatable bonds is 4. The van der Waals surface area contributed by atoms with Gasteiger partial charge in [-0.1, -0.05) is 6.92 Å². The minimum absolute atomic E-state index is 0.104. The van der Waals surface area contributed by atoms with Crippen LogP contribution in [0, 0.1) is 0 Å². The summed E-state index contributed by atoms with van der Waals surface area (Å²) in [7, 11) is 5.59. The Morgan fingerprint density at radius 1 is 1.43 bits per heavy atom. The molecule has 1 N–H and O–H groups in total. The van der Waals surface area contributed by atoms with Crippen molar-refractivity contribution >= 4 is 5.97 Å². The van der Waals surface area contributed by atoms with E-state index in [1.54, 1.807) is 0 Å². The molecule has 2 rings (SSSR count). The number of methoxy groups -OCH3 is 1. The Balaban J connectivity index is 2.09. The molecule has 1 saturated heterocycles. The van der Waals surface area contributed by atoms with Gasteiger partial charge in [-0.05, 0) is 59.3 Å². The molecule has 21 heavy (non-hydrogen) atoms. The fourth-order valence-electron chi connectivity index (χ4n) is 4.12. The van der Waals surface area contributed by atoms with Crippen molar-refractivity contribution in [3.8, 4) is 0 Å². The Morgan fingerprint density at radius 3 is 2.81 bits per heavy atom. The van der Waals surface area contributed by atoms with Crippen molar-refractivity contribution in [2.75, 3.05) is 40.8 Å². The Morgan fingerprint density at radius 2 is 2.19 bits per heavy atom. The summed E-state index contributed by atoms with van der Waals surface area (Å²) in [6.07, 6.45) is 5.22. The van der Waals surface area contributed by atoms with E-state index in [0.717, 1.165) is 32.4 Å². The van der Waals surface area contributed by atoms with Crippen LogP contribution in [0.5, 0.6) is 0 Å². The lowest BCUT2D eigenvalue weighted by Crippen LogP contribution is -2.51. The van der Waals surface area contributed by atoms with Crippen molar-refractivity contribution < 1.29 is 9.53 Å². The molecule has 2 aliphatic rings. The van der Waals surface area contributed by atoms with E-state index >= 15 is 0 Å². The molecule has 1 heterocycles. The second kappa shape index (κ2) is 7.07. The summed E-state index contributed by atoms with van der Waals surface area (Å²) in [5.41, 5.74) is -0.476. The molecule has 0 bridgehead atoms. The molecule has 0 aromatic heterocycles. The number of nitrogens with zero attached hydrogens (tertiary/aromatic N) is 2. The third kappa shape index (κ3) is 3.41. The molecule has 5 nitrogen and oxygen atoms in total. The Kier molecular flexibility index (Phi) is 5.63. The van der Waals surface area contributed by atoms with Gasteiger partial charge >= 0.3 is 5.97 Å². The van der Waals surface area contributed by atoms with Crippen LogP contribution < -0.4 is 5.32 Å². The second-order valence-corrected chi connectivity index (χ2v) is 6.64. The van der Waals surface area contributed by atoms with Crippen LogP contribution in [0.25, 0.3) is 0 Å². The number of likely N-dealkylation sites (N-methyl/N-ethyl adjacent to an activating group) is 2. The third-order valence-electron chi connectivity index (χ3n) is 5.43. The van der Waals surface area contributed by atoms with Crippen molar-refractivity contribution in [3.63, 3.8) is 0 Å². The van der Waals surface area contributed by atoms with E-state index in [0.29, 0.717) is 12.1 Å². The van der Waals surface area contributed by atoms with Gasteiger partial charge in [0.15, 0.2) is 0 Å². The quantitative estimate of drug-likeness (QED) is 0.787. The lowest BCUT2D eigenvalue weighted by molar-refractivity contribution is -0.148. The van der Waals surface area contributed by atoms with Gasteiger partial charge in [-0.2, -0.15) is 0 Å². The average molecular weight is 297 g/mol. The van der Waals surface area contributed by atoms with E-state index in [9.17, 15) is 4.79 Å². The van der Waals surface area contributed by atoms with Crippen LogP contribution in [0.4, 0.5) is 0 Å². The average Bonchev–Trinajstić information content (AvgIpc) is 2.85. The molecular weight excluding hydrogens is 266 g/mol. The van der Waals surface area contributed by atoms with Gasteiger partial charge in [-0.25, -0.2) is 0 Å². The summed E-state index contributed by atoms with van der Waals surface area (Å²) >= 11 is 0. The molecule has 1 saturated carbocycles. The zero-order chi connectivity index (χ0) is 15.5. The van der Waals surface area contributed by atoms with E-state index in [1.807, 2.05) is 7.05 Å². The normalized spacial score (nSPS) is 35.6. The number of ether oxygens (including phenoxy) is 1. The zero-order valence-corrected chi connectivity index (χ0v) is 14.0. The maximum absolute atomic E-state index is 12.2. The smallest absolute Gasteiger partial charge is 0.326 e. The lowest BCUT2D eigenvalue weighted by Gasteiger charge is -2.36. The molecule has 5 heteroatoms. The molecule has 0 radical (unpaired) electrons. The van der Waals surface area contributed by atoms with Gasteiger partial charge in [-0.15, -0.1) is 0 Å². The minimum Gasteiger partial charge on any atom is -0.468 e. The summed E-state index contributed by atoms with van der Waals surface area (Å²) in [6.45, 7) is 5.73. The highest BCUT2D eigenvalue weighted by atomic mass is 16.5. The molecule has 0 spiro atoms. The standard InChI is InChI=1S/C16H31N3O2/c1-5-13-12-18(3)9-6-10-19(13)14-7-8-16(11-14,17-2)15(20)21-4/h13-14,17H,5-12H2,1-4H3. The van der Waals surface area contributed by atoms with Gasteiger partial charge in [0.1, 0.15) is 5.54 Å². The number of esters is 1. The molecule has 122 valence electrons. The first kappa shape index (κ1) is 16.7. The monoisotopic (exact) mass is 297 g/mol. The fraction of sp³-hybridized carbons (Fsp3) is 0.938. The van der Waals surface area contributed by atoms with Gasteiger partial charge in [0, 0.05) is 18.6 Å². The van der Waals surface area contributed by atoms with Gasteiger partial charge < -0.3 is 15.0 Å². The summed E-state index contributed by atoms with van der Waals surface area (Å²) in [5.74, 6) is -0.104. The van der Waals surface area contributed by atoms with Crippen molar-refractivity contribution in [3.05, 3.63) is 0 Å². The topological polar surface area (TPSA) is 44.8 Å². The van der Waals surface area contributed by atoms with Gasteiger partial charge in [0.05, 0.1) is 7.11 Å². The van der Waals surface area contributed by atoms with Crippen LogP contribution in [-0.2, 0) is 9.53 Å². The van der Waals surface area contributed by atoms with Crippen LogP contribution >= 0.6 is 0 Å². The van der Waals surface area contributed by atoms with E-state index in [1.165, 1.54) is 26.5 Å². The largest absolute Gasteiger partial charge is 0.468 e. The van der Waals surface area contributed by atoms with Crippen LogP contribution in [0.3, 0.4) is 0 Å². The Hall–Kier alpha value is -0.650. The number of hydrogen-bond donors (Lipinski definition) is 1. The zero-order valence-electron chi connectivity index (χ0n) is 14.0. The van der Waals surface area contributed by atoms with Crippen molar-refractivity contribution in [2.45, 2.75) is 56.7 Å². The first-order valence-electron chi connectivity index (χ1n) is 8.28. The number of carbonyl (C=O) groups is 1. The minimum atomic E-state index is -0.476. The van der Waals surface area contributed by atoms with Gasteiger partial charge in [0.2, 0.25) is 0 Å². The maximum Gasteiger partial charge on any atom is 0.326 e. The summed E-state index contributed by atoms with van der Waals surface area (Å²) in [4.78, 5) is 17.3. The summed E-state index contributed by atoms with van der Waals surface area (Å²) in [6, 6.07) is 1.10. The van der Waals surface area contributed by atoms with Gasteiger partial charge in [0.25, 0.3) is 0 Å². The van der Waals surface area contributed by atoms with Crippen molar-refractivity contribution in [2.24, 2.45) is 0 Å². The van der Waals surface area contributed by atoms with E-state index in [4.69, 9.17) is 4.74 Å². The molecule has 3 unspecified atom stereocenters. The van der Waals surface area contributed by atoms with Crippen LogP contribution in [0.2, 0.25) is 0 Å². The van der Waals surface area contributed by atoms with E-state index in [2.05, 4.69) is 29.1 Å². The van der Waals surface area contributed by atoms with E-state index in [-0.39, 0.29) is 5.97 Å². The summed E-state index contributed by atoms with van der Waals surface area (Å²) in [5, 5.41) is 3.24. The SMILES string of the molecule is CCC1CN(C)CCCN1C1CCC(NC)(C(=O)OC)C1. The van der Waals surface area contributed by atoms with Crippen LogP contribution in [0.1, 0.15) is 39.0 Å². The highest BCUT2D eigenvalue weighted by Crippen LogP contribution is 2.35. The Labute approximate surface area is 129 Å². The number of carbonyl (C=O) groups excluding carboxylic acids is 1. The Bertz CT molecular complexity index is 363. The van der Waals surface area contributed by atoms with E-state index < -0.39 is 5.54 Å². The predicted octanol–water partition coefficient (Wildman–Crippen LogP) is 1.09. The molecule has 2 fully saturated rings. The second-order valence-electron chi connectivity index (χ2n) is 6.64. The molecule has 0 aromatic carbocycles. The fourth-order valence-corrected chi connectivity index (χ4v) is 4.12. The van der Waals surface area contributed by atoms with Crippen LogP contribution in [-0.4, -0.2) is 74.2 Å². The molecular formula is C16H31N3O2. The highest BCUT2D eigenvalue weighted by molar-refractivity contribution is 5.81. The molecule has 1 aliphatic carbocycles. The highest BCUT2D eigenvalue weighted by Gasteiger charge is 2.47. The van der Waals surface area contributed by atoms with Crippen molar-refractivity contribution in [1.29, 1.82) is 0 Å². The summed E-state index contributed by atoms with van der Waals surface area (Å²) < 4.78 is 5.03. The number of nitrogens with one attached hydrogen (secondary N) is 1.